The maximum absolute atomic E-state index is 12.7. The van der Waals surface area contributed by atoms with E-state index < -0.39 is 5.97 Å². The highest BCUT2D eigenvalue weighted by molar-refractivity contribution is 5.94. The second-order valence-electron chi connectivity index (χ2n) is 6.61. The van der Waals surface area contributed by atoms with Gasteiger partial charge < -0.3 is 19.6 Å². The van der Waals surface area contributed by atoms with Crippen molar-refractivity contribution in [3.8, 4) is 0 Å². The van der Waals surface area contributed by atoms with E-state index in [0.29, 0.717) is 25.1 Å². The van der Waals surface area contributed by atoms with Crippen LogP contribution in [-0.2, 0) is 9.53 Å². The van der Waals surface area contributed by atoms with Crippen molar-refractivity contribution in [2.24, 2.45) is 11.8 Å². The van der Waals surface area contributed by atoms with Crippen LogP contribution in [0.15, 0.2) is 24.3 Å². The fourth-order valence-electron chi connectivity index (χ4n) is 3.52. The fourth-order valence-corrected chi connectivity index (χ4v) is 3.52. The molecule has 1 amide bonds. The Bertz CT molecular complexity index is 596. The van der Waals surface area contributed by atoms with E-state index in [2.05, 4.69) is 4.90 Å². The standard InChI is InChI=1S/C18H24N2O4/c1-13-12-20(7-6-16(13)18(22)23)17(21)14-2-4-15(5-3-14)19-8-10-24-11-9-19/h2-5,13,16H,6-12H2,1H3,(H,22,23). The fraction of sp³-hybridized carbons (Fsp3) is 0.556. The number of carbonyl (C=O) groups is 2. The summed E-state index contributed by atoms with van der Waals surface area (Å²) in [5.74, 6) is -1.14. The lowest BCUT2D eigenvalue weighted by atomic mass is 9.87. The van der Waals surface area contributed by atoms with Gasteiger partial charge >= 0.3 is 5.97 Å². The molecule has 0 aromatic heterocycles. The number of anilines is 1. The minimum absolute atomic E-state index is 0.0146. The van der Waals surface area contributed by atoms with Crippen molar-refractivity contribution < 1.29 is 19.4 Å². The number of aliphatic carboxylic acids is 1. The van der Waals surface area contributed by atoms with Gasteiger partial charge in [-0.25, -0.2) is 0 Å². The number of piperidine rings is 1. The molecule has 1 N–H and O–H groups in total. The van der Waals surface area contributed by atoms with Crippen LogP contribution in [-0.4, -0.2) is 61.3 Å². The van der Waals surface area contributed by atoms with Gasteiger partial charge in [-0.3, -0.25) is 9.59 Å². The molecule has 2 aliphatic heterocycles. The molecule has 1 aromatic rings. The first-order valence-corrected chi connectivity index (χ1v) is 8.51. The molecule has 6 nitrogen and oxygen atoms in total. The number of nitrogens with zero attached hydrogens (tertiary/aromatic N) is 2. The predicted octanol–water partition coefficient (Wildman–Crippen LogP) is 1.71. The smallest absolute Gasteiger partial charge is 0.306 e. The average molecular weight is 332 g/mol. The lowest BCUT2D eigenvalue weighted by molar-refractivity contribution is -0.145. The number of carboxylic acid groups (broad SMARTS) is 1. The molecule has 0 saturated carbocycles. The highest BCUT2D eigenvalue weighted by atomic mass is 16.5. The molecule has 2 heterocycles. The van der Waals surface area contributed by atoms with E-state index >= 15 is 0 Å². The van der Waals surface area contributed by atoms with E-state index in [1.165, 1.54) is 0 Å². The number of ether oxygens (including phenoxy) is 1. The Labute approximate surface area is 142 Å². The van der Waals surface area contributed by atoms with Gasteiger partial charge in [-0.2, -0.15) is 0 Å². The third-order valence-corrected chi connectivity index (χ3v) is 5.00. The van der Waals surface area contributed by atoms with Crippen LogP contribution in [0.1, 0.15) is 23.7 Å². The van der Waals surface area contributed by atoms with Crippen molar-refractivity contribution in [1.29, 1.82) is 0 Å². The zero-order chi connectivity index (χ0) is 17.1. The van der Waals surface area contributed by atoms with E-state index in [-0.39, 0.29) is 17.7 Å². The van der Waals surface area contributed by atoms with Gasteiger partial charge in [0.1, 0.15) is 0 Å². The molecule has 0 bridgehead atoms. The number of carbonyl (C=O) groups excluding carboxylic acids is 1. The summed E-state index contributed by atoms with van der Waals surface area (Å²) in [6, 6.07) is 7.68. The van der Waals surface area contributed by atoms with Gasteiger partial charge in [-0.15, -0.1) is 0 Å². The molecule has 2 atom stereocenters. The van der Waals surface area contributed by atoms with Crippen LogP contribution in [0.2, 0.25) is 0 Å². The van der Waals surface area contributed by atoms with Gasteiger partial charge in [0.15, 0.2) is 0 Å². The average Bonchev–Trinajstić information content (AvgIpc) is 2.61. The number of rotatable bonds is 3. The molecule has 0 spiro atoms. The number of likely N-dealkylation sites (tertiary alicyclic amines) is 1. The molecule has 24 heavy (non-hydrogen) atoms. The number of benzene rings is 1. The number of hydrogen-bond donors (Lipinski definition) is 1. The molecule has 0 aliphatic carbocycles. The molecule has 2 fully saturated rings. The Hall–Kier alpha value is -2.08. The summed E-state index contributed by atoms with van der Waals surface area (Å²) in [6.45, 7) is 6.11. The predicted molar refractivity (Wildman–Crippen MR) is 90.3 cm³/mol. The van der Waals surface area contributed by atoms with Crippen molar-refractivity contribution >= 4 is 17.6 Å². The lowest BCUT2D eigenvalue weighted by Gasteiger charge is -2.35. The van der Waals surface area contributed by atoms with E-state index in [0.717, 1.165) is 32.0 Å². The second kappa shape index (κ2) is 7.21. The van der Waals surface area contributed by atoms with Gasteiger partial charge in [0.2, 0.25) is 0 Å². The summed E-state index contributed by atoms with van der Waals surface area (Å²) in [5.41, 5.74) is 1.76. The first-order valence-electron chi connectivity index (χ1n) is 8.51. The SMILES string of the molecule is CC1CN(C(=O)c2ccc(N3CCOCC3)cc2)CCC1C(=O)O. The molecule has 0 radical (unpaired) electrons. The Morgan fingerprint density at radius 2 is 1.79 bits per heavy atom. The van der Waals surface area contributed by atoms with Crippen LogP contribution in [0.25, 0.3) is 0 Å². The normalized spacial score (nSPS) is 24.7. The van der Waals surface area contributed by atoms with Crippen LogP contribution >= 0.6 is 0 Å². The Morgan fingerprint density at radius 3 is 2.38 bits per heavy atom. The molecule has 130 valence electrons. The first kappa shape index (κ1) is 16.8. The summed E-state index contributed by atoms with van der Waals surface area (Å²) in [5, 5.41) is 9.19. The number of amides is 1. The maximum atomic E-state index is 12.7. The van der Waals surface area contributed by atoms with Crippen LogP contribution < -0.4 is 4.90 Å². The van der Waals surface area contributed by atoms with Crippen LogP contribution in [0.5, 0.6) is 0 Å². The Balaban J connectivity index is 1.64. The third kappa shape index (κ3) is 3.53. The van der Waals surface area contributed by atoms with Crippen molar-refractivity contribution in [2.75, 3.05) is 44.3 Å². The largest absolute Gasteiger partial charge is 0.481 e. The van der Waals surface area contributed by atoms with E-state index in [1.807, 2.05) is 31.2 Å². The monoisotopic (exact) mass is 332 g/mol. The quantitative estimate of drug-likeness (QED) is 0.912. The Morgan fingerprint density at radius 1 is 1.12 bits per heavy atom. The molecule has 3 rings (SSSR count). The Kier molecular flexibility index (Phi) is 5.04. The minimum Gasteiger partial charge on any atom is -0.481 e. The van der Waals surface area contributed by atoms with Gasteiger partial charge in [0, 0.05) is 37.4 Å². The number of morpholine rings is 1. The van der Waals surface area contributed by atoms with E-state index in [9.17, 15) is 14.7 Å². The summed E-state index contributed by atoms with van der Waals surface area (Å²) in [4.78, 5) is 27.9. The highest BCUT2D eigenvalue weighted by Crippen LogP contribution is 2.25. The first-order chi connectivity index (χ1) is 11.6. The van der Waals surface area contributed by atoms with Crippen LogP contribution in [0.4, 0.5) is 5.69 Å². The molecule has 2 aliphatic rings. The molecule has 2 unspecified atom stereocenters. The van der Waals surface area contributed by atoms with Gasteiger partial charge in [-0.1, -0.05) is 6.92 Å². The summed E-state index contributed by atoms with van der Waals surface area (Å²) >= 11 is 0. The van der Waals surface area contributed by atoms with Crippen molar-refractivity contribution in [3.05, 3.63) is 29.8 Å². The zero-order valence-corrected chi connectivity index (χ0v) is 14.0. The summed E-state index contributed by atoms with van der Waals surface area (Å²) in [7, 11) is 0. The summed E-state index contributed by atoms with van der Waals surface area (Å²) < 4.78 is 5.35. The minimum atomic E-state index is -0.760. The van der Waals surface area contributed by atoms with Crippen LogP contribution in [0.3, 0.4) is 0 Å². The van der Waals surface area contributed by atoms with Gasteiger partial charge in [-0.05, 0) is 36.6 Å². The molecule has 6 heteroatoms. The third-order valence-electron chi connectivity index (χ3n) is 5.00. The molecular weight excluding hydrogens is 308 g/mol. The molecule has 2 saturated heterocycles. The number of hydrogen-bond acceptors (Lipinski definition) is 4. The number of carboxylic acids is 1. The summed E-state index contributed by atoms with van der Waals surface area (Å²) in [6.07, 6.45) is 0.522. The molecule has 1 aromatic carbocycles. The van der Waals surface area contributed by atoms with E-state index in [4.69, 9.17) is 4.74 Å². The zero-order valence-electron chi connectivity index (χ0n) is 14.0. The van der Waals surface area contributed by atoms with E-state index in [1.54, 1.807) is 4.90 Å². The van der Waals surface area contributed by atoms with Crippen molar-refractivity contribution in [3.63, 3.8) is 0 Å². The maximum Gasteiger partial charge on any atom is 0.306 e. The molecular formula is C18H24N2O4. The lowest BCUT2D eigenvalue weighted by Crippen LogP contribution is -2.45. The van der Waals surface area contributed by atoms with Gasteiger partial charge in [0.25, 0.3) is 5.91 Å². The topological polar surface area (TPSA) is 70.1 Å². The second-order valence-corrected chi connectivity index (χ2v) is 6.61. The van der Waals surface area contributed by atoms with Gasteiger partial charge in [0.05, 0.1) is 19.1 Å². The highest BCUT2D eigenvalue weighted by Gasteiger charge is 2.33. The van der Waals surface area contributed by atoms with Crippen LogP contribution in [0, 0.1) is 11.8 Å². The van der Waals surface area contributed by atoms with Crippen molar-refractivity contribution in [2.45, 2.75) is 13.3 Å². The van der Waals surface area contributed by atoms with Crippen molar-refractivity contribution in [1.82, 2.24) is 4.90 Å².